The van der Waals surface area contributed by atoms with Crippen molar-refractivity contribution in [3.05, 3.63) is 53.3 Å². The highest BCUT2D eigenvalue weighted by Gasteiger charge is 2.18. The van der Waals surface area contributed by atoms with E-state index < -0.39 is 0 Å². The Hall–Kier alpha value is -2.73. The maximum absolute atomic E-state index is 13.1. The quantitative estimate of drug-likeness (QED) is 0.662. The van der Waals surface area contributed by atoms with Crippen molar-refractivity contribution in [3.8, 4) is 0 Å². The van der Waals surface area contributed by atoms with Crippen LogP contribution in [0.1, 0.15) is 54.8 Å². The van der Waals surface area contributed by atoms with Gasteiger partial charge in [-0.25, -0.2) is 9.67 Å². The van der Waals surface area contributed by atoms with Gasteiger partial charge in [0, 0.05) is 17.9 Å². The highest BCUT2D eigenvalue weighted by atomic mass is 16.1. The summed E-state index contributed by atoms with van der Waals surface area (Å²) in [5, 5.41) is 11.6. The number of carbonyl (C=O) groups excluding carboxylic acids is 1. The molecule has 0 aliphatic rings. The molecule has 1 unspecified atom stereocenters. The third kappa shape index (κ3) is 4.01. The van der Waals surface area contributed by atoms with E-state index in [2.05, 4.69) is 41.5 Å². The number of rotatable bonds is 7. The van der Waals surface area contributed by atoms with Gasteiger partial charge < -0.3 is 10.6 Å². The Morgan fingerprint density at radius 1 is 1.26 bits per heavy atom. The van der Waals surface area contributed by atoms with E-state index in [4.69, 9.17) is 0 Å². The summed E-state index contributed by atoms with van der Waals surface area (Å²) in [6.45, 7) is 9.77. The van der Waals surface area contributed by atoms with Crippen molar-refractivity contribution in [2.45, 2.75) is 46.7 Å². The number of amides is 1. The van der Waals surface area contributed by atoms with Crippen LogP contribution in [0.5, 0.6) is 0 Å². The lowest BCUT2D eigenvalue weighted by molar-refractivity contribution is 0.102. The smallest absolute Gasteiger partial charge is 0.256 e. The fourth-order valence-corrected chi connectivity index (χ4v) is 3.07. The maximum Gasteiger partial charge on any atom is 0.256 e. The lowest BCUT2D eigenvalue weighted by Crippen LogP contribution is -2.17. The number of fused-ring (bicyclic) bond motifs is 1. The third-order valence-corrected chi connectivity index (χ3v) is 4.78. The van der Waals surface area contributed by atoms with Gasteiger partial charge in [-0.05, 0) is 44.5 Å². The summed E-state index contributed by atoms with van der Waals surface area (Å²) in [6.07, 6.45) is 2.69. The predicted octanol–water partition coefficient (Wildman–Crippen LogP) is 4.07. The van der Waals surface area contributed by atoms with Crippen molar-refractivity contribution in [1.29, 1.82) is 0 Å². The van der Waals surface area contributed by atoms with Crippen LogP contribution in [0.2, 0.25) is 0 Å². The Kier molecular flexibility index (Phi) is 5.86. The van der Waals surface area contributed by atoms with E-state index in [9.17, 15) is 4.79 Å². The molecule has 0 bridgehead atoms. The Bertz CT molecular complexity index is 947. The van der Waals surface area contributed by atoms with E-state index in [-0.39, 0.29) is 11.9 Å². The SMILES string of the molecule is CCNCc1ccccc1NC(=O)c1cc(C)nc2c1cnn2C(C)CC. The summed E-state index contributed by atoms with van der Waals surface area (Å²) in [5.74, 6) is -0.141. The number of para-hydroxylation sites is 1. The summed E-state index contributed by atoms with van der Waals surface area (Å²) in [6, 6.07) is 9.92. The minimum Gasteiger partial charge on any atom is -0.322 e. The zero-order valence-corrected chi connectivity index (χ0v) is 16.4. The molecule has 1 amide bonds. The molecular formula is C21H27N5O. The molecule has 0 fully saturated rings. The van der Waals surface area contributed by atoms with Crippen molar-refractivity contribution >= 4 is 22.6 Å². The van der Waals surface area contributed by atoms with Gasteiger partial charge in [0.25, 0.3) is 5.91 Å². The molecule has 2 aromatic heterocycles. The summed E-state index contributed by atoms with van der Waals surface area (Å²) >= 11 is 0. The van der Waals surface area contributed by atoms with Gasteiger partial charge in [0.2, 0.25) is 0 Å². The molecule has 0 spiro atoms. The normalized spacial score (nSPS) is 12.3. The van der Waals surface area contributed by atoms with Crippen LogP contribution in [-0.4, -0.2) is 27.2 Å². The molecule has 0 aliphatic heterocycles. The Labute approximate surface area is 160 Å². The molecule has 0 radical (unpaired) electrons. The summed E-state index contributed by atoms with van der Waals surface area (Å²) in [7, 11) is 0. The van der Waals surface area contributed by atoms with Gasteiger partial charge >= 0.3 is 0 Å². The van der Waals surface area contributed by atoms with Gasteiger partial charge in [-0.15, -0.1) is 0 Å². The number of pyridine rings is 1. The number of benzene rings is 1. The first-order valence-corrected chi connectivity index (χ1v) is 9.50. The van der Waals surface area contributed by atoms with Crippen molar-refractivity contribution in [2.24, 2.45) is 0 Å². The maximum atomic E-state index is 13.1. The Balaban J connectivity index is 1.96. The van der Waals surface area contributed by atoms with Gasteiger partial charge in [0.15, 0.2) is 5.65 Å². The summed E-state index contributed by atoms with van der Waals surface area (Å²) in [5.41, 5.74) is 4.05. The summed E-state index contributed by atoms with van der Waals surface area (Å²) in [4.78, 5) is 17.7. The number of nitrogens with zero attached hydrogens (tertiary/aromatic N) is 3. The highest BCUT2D eigenvalue weighted by molar-refractivity contribution is 6.12. The Morgan fingerprint density at radius 2 is 2.04 bits per heavy atom. The first-order chi connectivity index (χ1) is 13.0. The fourth-order valence-electron chi connectivity index (χ4n) is 3.07. The van der Waals surface area contributed by atoms with Crippen molar-refractivity contribution in [2.75, 3.05) is 11.9 Å². The summed E-state index contributed by atoms with van der Waals surface area (Å²) < 4.78 is 1.90. The molecule has 2 N–H and O–H groups in total. The zero-order valence-electron chi connectivity index (χ0n) is 16.4. The number of aryl methyl sites for hydroxylation is 1. The van der Waals surface area contributed by atoms with Crippen molar-refractivity contribution in [3.63, 3.8) is 0 Å². The molecule has 6 heteroatoms. The number of aromatic nitrogens is 3. The van der Waals surface area contributed by atoms with Gasteiger partial charge in [0.1, 0.15) is 0 Å². The molecule has 3 aromatic rings. The monoisotopic (exact) mass is 365 g/mol. The number of nitrogens with one attached hydrogen (secondary N) is 2. The fraction of sp³-hybridized carbons (Fsp3) is 0.381. The van der Waals surface area contributed by atoms with Crippen LogP contribution in [0.25, 0.3) is 11.0 Å². The van der Waals surface area contributed by atoms with Crippen LogP contribution >= 0.6 is 0 Å². The van der Waals surface area contributed by atoms with Crippen LogP contribution in [0.4, 0.5) is 5.69 Å². The average molecular weight is 365 g/mol. The first kappa shape index (κ1) is 19.0. The van der Waals surface area contributed by atoms with Crippen LogP contribution in [0.3, 0.4) is 0 Å². The molecule has 1 aromatic carbocycles. The number of anilines is 1. The van der Waals surface area contributed by atoms with Crippen LogP contribution in [0.15, 0.2) is 36.5 Å². The molecule has 3 rings (SSSR count). The number of carbonyl (C=O) groups is 1. The second-order valence-electron chi connectivity index (χ2n) is 6.79. The highest BCUT2D eigenvalue weighted by Crippen LogP contribution is 2.24. The third-order valence-electron chi connectivity index (χ3n) is 4.78. The molecule has 142 valence electrons. The minimum atomic E-state index is -0.141. The molecule has 27 heavy (non-hydrogen) atoms. The van der Waals surface area contributed by atoms with Crippen molar-refractivity contribution < 1.29 is 4.79 Å². The second kappa shape index (κ2) is 8.31. The topological polar surface area (TPSA) is 71.8 Å². The van der Waals surface area contributed by atoms with Crippen LogP contribution < -0.4 is 10.6 Å². The van der Waals surface area contributed by atoms with E-state index in [0.29, 0.717) is 12.1 Å². The van der Waals surface area contributed by atoms with Gasteiger partial charge in [-0.2, -0.15) is 5.10 Å². The molecule has 6 nitrogen and oxygen atoms in total. The van der Waals surface area contributed by atoms with E-state index in [1.165, 1.54) is 0 Å². The van der Waals surface area contributed by atoms with E-state index in [1.807, 2.05) is 41.9 Å². The molecule has 0 saturated carbocycles. The molecule has 0 aliphatic carbocycles. The average Bonchev–Trinajstić information content (AvgIpc) is 3.09. The van der Waals surface area contributed by atoms with Crippen molar-refractivity contribution in [1.82, 2.24) is 20.1 Å². The van der Waals surface area contributed by atoms with E-state index in [1.54, 1.807) is 6.20 Å². The lowest BCUT2D eigenvalue weighted by Gasteiger charge is -2.13. The molecule has 2 heterocycles. The first-order valence-electron chi connectivity index (χ1n) is 9.50. The van der Waals surface area contributed by atoms with Crippen LogP contribution in [0, 0.1) is 6.92 Å². The predicted molar refractivity (Wildman–Crippen MR) is 109 cm³/mol. The second-order valence-corrected chi connectivity index (χ2v) is 6.79. The number of hydrogen-bond acceptors (Lipinski definition) is 4. The zero-order chi connectivity index (χ0) is 19.4. The largest absolute Gasteiger partial charge is 0.322 e. The van der Waals surface area contributed by atoms with Gasteiger partial charge in [-0.1, -0.05) is 32.0 Å². The van der Waals surface area contributed by atoms with Gasteiger partial charge in [-0.3, -0.25) is 4.79 Å². The standard InChI is InChI=1S/C21H27N5O/c1-5-15(4)26-20-18(13-23-26)17(11-14(3)24-20)21(27)25-19-10-8-7-9-16(19)12-22-6-2/h7-11,13,15,22H,5-6,12H2,1-4H3,(H,25,27). The van der Waals surface area contributed by atoms with Crippen LogP contribution in [-0.2, 0) is 6.54 Å². The van der Waals surface area contributed by atoms with E-state index >= 15 is 0 Å². The van der Waals surface area contributed by atoms with E-state index in [0.717, 1.165) is 40.9 Å². The van der Waals surface area contributed by atoms with Gasteiger partial charge in [0.05, 0.1) is 23.2 Å². The Morgan fingerprint density at radius 3 is 2.78 bits per heavy atom. The molecular weight excluding hydrogens is 338 g/mol. The lowest BCUT2D eigenvalue weighted by atomic mass is 10.1. The minimum absolute atomic E-state index is 0.141. The molecule has 0 saturated heterocycles. The number of hydrogen-bond donors (Lipinski definition) is 2. The molecule has 1 atom stereocenters.